The monoisotopic (exact) mass is 370 g/mol. The molecule has 0 aliphatic heterocycles. The van der Waals surface area contributed by atoms with E-state index in [0.29, 0.717) is 0 Å². The Kier molecular flexibility index (Phi) is 6.17. The van der Waals surface area contributed by atoms with Gasteiger partial charge in [-0.2, -0.15) is 0 Å². The van der Waals surface area contributed by atoms with Crippen LogP contribution in [0, 0.1) is 5.82 Å². The van der Waals surface area contributed by atoms with Gasteiger partial charge in [0.1, 0.15) is 18.2 Å². The molecule has 6 nitrogen and oxygen atoms in total. The fraction of sp³-hybridized carbons (Fsp3) is 0.294. The van der Waals surface area contributed by atoms with Gasteiger partial charge in [-0.05, 0) is 24.6 Å². The zero-order valence-corrected chi connectivity index (χ0v) is 14.0. The molecule has 1 aromatic carbocycles. The minimum Gasteiger partial charge on any atom is -0.502 e. The van der Waals surface area contributed by atoms with Crippen molar-refractivity contribution in [2.75, 3.05) is 6.61 Å². The van der Waals surface area contributed by atoms with Crippen molar-refractivity contribution in [1.82, 2.24) is 0 Å². The summed E-state index contributed by atoms with van der Waals surface area (Å²) in [6.45, 7) is 1.18. The van der Waals surface area contributed by atoms with E-state index in [-0.39, 0.29) is 35.1 Å². The van der Waals surface area contributed by atoms with Gasteiger partial charge in [-0.25, -0.2) is 4.39 Å². The third-order valence-corrected chi connectivity index (χ3v) is 3.81. The average Bonchev–Trinajstić information content (AvgIpc) is 2.56. The van der Waals surface area contributed by atoms with Crippen LogP contribution in [0.2, 0.25) is 5.02 Å². The topological polar surface area (TPSA) is 97.0 Å². The Morgan fingerprint density at radius 2 is 2.12 bits per heavy atom. The molecule has 0 spiro atoms. The number of halogens is 2. The Bertz CT molecular complexity index is 832. The molecule has 0 saturated carbocycles. The normalized spacial score (nSPS) is 12.0. The smallest absolute Gasteiger partial charge is 0.306 e. The number of rotatable bonds is 6. The van der Waals surface area contributed by atoms with E-state index in [1.807, 2.05) is 0 Å². The van der Waals surface area contributed by atoms with Crippen molar-refractivity contribution < 1.29 is 28.6 Å². The molecule has 0 radical (unpaired) electrons. The molecule has 8 heteroatoms. The predicted octanol–water partition coefficient (Wildman–Crippen LogP) is 2.72. The third-order valence-electron chi connectivity index (χ3n) is 3.49. The van der Waals surface area contributed by atoms with Crippen molar-refractivity contribution in [3.8, 4) is 5.75 Å². The number of aliphatic hydroxyl groups excluding tert-OH is 1. The number of aliphatic hydroxyl groups is 1. The first-order valence-electron chi connectivity index (χ1n) is 7.44. The van der Waals surface area contributed by atoms with Gasteiger partial charge in [-0.1, -0.05) is 17.7 Å². The van der Waals surface area contributed by atoms with Crippen molar-refractivity contribution >= 4 is 17.6 Å². The van der Waals surface area contributed by atoms with Crippen LogP contribution >= 0.6 is 11.6 Å². The number of hydrogen-bond donors (Lipinski definition) is 2. The molecule has 1 heterocycles. The number of carbonyl (C=O) groups excluding carboxylic acids is 1. The van der Waals surface area contributed by atoms with E-state index in [1.54, 1.807) is 6.92 Å². The summed E-state index contributed by atoms with van der Waals surface area (Å²) >= 11 is 6.06. The maximum atomic E-state index is 13.3. The predicted molar refractivity (Wildman–Crippen MR) is 87.1 cm³/mol. The lowest BCUT2D eigenvalue weighted by Gasteiger charge is -2.18. The average molecular weight is 371 g/mol. The quantitative estimate of drug-likeness (QED) is 0.759. The van der Waals surface area contributed by atoms with Gasteiger partial charge in [0, 0.05) is 11.1 Å². The van der Waals surface area contributed by atoms with Crippen molar-refractivity contribution in [3.05, 3.63) is 62.4 Å². The van der Waals surface area contributed by atoms with Gasteiger partial charge in [-0.15, -0.1) is 0 Å². The molecule has 0 aliphatic carbocycles. The first-order valence-corrected chi connectivity index (χ1v) is 7.82. The summed E-state index contributed by atoms with van der Waals surface area (Å²) in [7, 11) is 0. The van der Waals surface area contributed by atoms with Crippen molar-refractivity contribution in [2.24, 2.45) is 0 Å². The lowest BCUT2D eigenvalue weighted by atomic mass is 9.92. The first-order chi connectivity index (χ1) is 11.9. The molecule has 1 atom stereocenters. The molecule has 0 saturated heterocycles. The molecule has 2 rings (SSSR count). The number of hydrogen-bond acceptors (Lipinski definition) is 6. The van der Waals surface area contributed by atoms with Crippen molar-refractivity contribution in [1.29, 1.82) is 0 Å². The Morgan fingerprint density at radius 1 is 1.40 bits per heavy atom. The van der Waals surface area contributed by atoms with E-state index in [4.69, 9.17) is 20.8 Å². The Balaban J connectivity index is 2.61. The molecule has 0 fully saturated rings. The molecule has 134 valence electrons. The third kappa shape index (κ3) is 4.37. The van der Waals surface area contributed by atoms with Crippen LogP contribution in [-0.4, -0.2) is 22.8 Å². The summed E-state index contributed by atoms with van der Waals surface area (Å²) in [5, 5.41) is 19.3. The van der Waals surface area contributed by atoms with E-state index in [1.165, 1.54) is 6.07 Å². The molecule has 0 aliphatic rings. The minimum atomic E-state index is -0.994. The lowest BCUT2D eigenvalue weighted by Crippen LogP contribution is -2.15. The van der Waals surface area contributed by atoms with E-state index in [0.717, 1.165) is 18.2 Å². The van der Waals surface area contributed by atoms with E-state index in [9.17, 15) is 24.2 Å². The molecular formula is C17H16ClFO6. The Labute approximate surface area is 147 Å². The van der Waals surface area contributed by atoms with Crippen LogP contribution in [0.3, 0.4) is 0 Å². The number of benzene rings is 1. The molecule has 2 N–H and O–H groups in total. The Morgan fingerprint density at radius 3 is 2.72 bits per heavy atom. The van der Waals surface area contributed by atoms with Crippen LogP contribution < -0.4 is 5.43 Å². The molecule has 2 aromatic rings. The van der Waals surface area contributed by atoms with Gasteiger partial charge in [0.05, 0.1) is 18.9 Å². The van der Waals surface area contributed by atoms with Gasteiger partial charge < -0.3 is 19.4 Å². The largest absolute Gasteiger partial charge is 0.502 e. The van der Waals surface area contributed by atoms with Gasteiger partial charge in [0.15, 0.2) is 5.76 Å². The van der Waals surface area contributed by atoms with Crippen LogP contribution in [0.15, 0.2) is 33.5 Å². The molecular weight excluding hydrogens is 355 g/mol. The zero-order valence-electron chi connectivity index (χ0n) is 13.3. The maximum absolute atomic E-state index is 13.3. The summed E-state index contributed by atoms with van der Waals surface area (Å²) < 4.78 is 23.6. The van der Waals surface area contributed by atoms with Gasteiger partial charge >= 0.3 is 5.97 Å². The summed E-state index contributed by atoms with van der Waals surface area (Å²) in [4.78, 5) is 23.8. The van der Waals surface area contributed by atoms with Crippen LogP contribution in [-0.2, 0) is 16.1 Å². The summed E-state index contributed by atoms with van der Waals surface area (Å²) in [6.07, 6.45) is -0.301. The molecule has 0 amide bonds. The summed E-state index contributed by atoms with van der Waals surface area (Å²) in [5.41, 5.74) is -0.512. The van der Waals surface area contributed by atoms with Crippen LogP contribution in [0.25, 0.3) is 0 Å². The van der Waals surface area contributed by atoms with Crippen LogP contribution in [0.5, 0.6) is 5.75 Å². The standard InChI is InChI=1S/C17H16ClFO6/c1-2-24-15(22)7-12(11-4-3-9(19)5-13(11)18)17-16(23)14(21)6-10(8-20)25-17/h3-6,12,20,23H,2,7-8H2,1H3. The number of esters is 1. The molecule has 1 aromatic heterocycles. The molecule has 25 heavy (non-hydrogen) atoms. The van der Waals surface area contributed by atoms with Gasteiger partial charge in [0.25, 0.3) is 0 Å². The highest BCUT2D eigenvalue weighted by atomic mass is 35.5. The highest BCUT2D eigenvalue weighted by Crippen LogP contribution is 2.37. The van der Waals surface area contributed by atoms with Gasteiger partial charge in [-0.3, -0.25) is 9.59 Å². The van der Waals surface area contributed by atoms with Crippen molar-refractivity contribution in [2.45, 2.75) is 25.9 Å². The summed E-state index contributed by atoms with van der Waals surface area (Å²) in [5.74, 6) is -3.26. The zero-order chi connectivity index (χ0) is 18.6. The highest BCUT2D eigenvalue weighted by molar-refractivity contribution is 6.31. The molecule has 1 unspecified atom stereocenters. The van der Waals surface area contributed by atoms with E-state index in [2.05, 4.69) is 0 Å². The van der Waals surface area contributed by atoms with Crippen molar-refractivity contribution in [3.63, 3.8) is 0 Å². The number of aromatic hydroxyl groups is 1. The summed E-state index contributed by atoms with van der Waals surface area (Å²) in [6, 6.07) is 4.43. The first kappa shape index (κ1) is 19.0. The second-order valence-corrected chi connectivity index (χ2v) is 5.58. The maximum Gasteiger partial charge on any atom is 0.306 e. The van der Waals surface area contributed by atoms with Gasteiger partial charge in [0.2, 0.25) is 11.2 Å². The second kappa shape index (κ2) is 8.13. The lowest BCUT2D eigenvalue weighted by molar-refractivity contribution is -0.143. The van der Waals surface area contributed by atoms with E-state index >= 15 is 0 Å². The fourth-order valence-corrected chi connectivity index (χ4v) is 2.68. The minimum absolute atomic E-state index is 0.00857. The highest BCUT2D eigenvalue weighted by Gasteiger charge is 2.28. The molecule has 0 bridgehead atoms. The van der Waals surface area contributed by atoms with Crippen LogP contribution in [0.1, 0.15) is 36.3 Å². The SMILES string of the molecule is CCOC(=O)CC(c1ccc(F)cc1Cl)c1oc(CO)cc(=O)c1O. The van der Waals surface area contributed by atoms with E-state index < -0.39 is 35.5 Å². The Hall–Kier alpha value is -2.38. The fourth-order valence-electron chi connectivity index (χ4n) is 2.38. The van der Waals surface area contributed by atoms with Crippen LogP contribution in [0.4, 0.5) is 4.39 Å². The second-order valence-electron chi connectivity index (χ2n) is 5.18. The number of ether oxygens (including phenoxy) is 1. The number of carbonyl (C=O) groups is 1.